The molecule has 132 valence electrons. The lowest BCUT2D eigenvalue weighted by Crippen LogP contribution is -2.39. The summed E-state index contributed by atoms with van der Waals surface area (Å²) in [5.41, 5.74) is 3.11. The fourth-order valence-electron chi connectivity index (χ4n) is 3.56. The number of thioether (sulfide) groups is 1. The number of benzene rings is 1. The number of nitrogens with zero attached hydrogens (tertiary/aromatic N) is 3. The van der Waals surface area contributed by atoms with Crippen molar-refractivity contribution in [1.29, 1.82) is 5.26 Å². The molecule has 4 heterocycles. The van der Waals surface area contributed by atoms with E-state index < -0.39 is 0 Å². The maximum atomic E-state index is 12.5. The minimum Gasteiger partial charge on any atom is -0.370 e. The van der Waals surface area contributed by atoms with Gasteiger partial charge in [0.25, 0.3) is 0 Å². The Labute approximate surface area is 166 Å². The Morgan fingerprint density at radius 2 is 2.08 bits per heavy atom. The van der Waals surface area contributed by atoms with Gasteiger partial charge in [0.1, 0.15) is 11.1 Å². The first kappa shape index (κ1) is 17.7. The van der Waals surface area contributed by atoms with E-state index in [9.17, 15) is 10.1 Å². The summed E-state index contributed by atoms with van der Waals surface area (Å²) in [5.74, 6) is 0.532. The van der Waals surface area contributed by atoms with Crippen molar-refractivity contribution in [2.24, 2.45) is 0 Å². The number of aromatic nitrogens is 1. The second-order valence-corrected chi connectivity index (χ2v) is 8.26. The number of carbonyl (C=O) groups is 1. The molecule has 1 aromatic heterocycles. The molecule has 0 aliphatic carbocycles. The number of ketones is 1. The number of hydrogen-bond acceptors (Lipinski definition) is 5. The van der Waals surface area contributed by atoms with Crippen LogP contribution in [0.25, 0.3) is 0 Å². The van der Waals surface area contributed by atoms with Crippen LogP contribution in [0.5, 0.6) is 0 Å². The monoisotopic (exact) mass is 403 g/mol. The zero-order chi connectivity index (χ0) is 18.3. The second-order valence-electron chi connectivity index (χ2n) is 6.45. The van der Waals surface area contributed by atoms with Crippen molar-refractivity contribution in [2.75, 3.05) is 23.7 Å². The van der Waals surface area contributed by atoms with Gasteiger partial charge in [-0.05, 0) is 37.1 Å². The van der Waals surface area contributed by atoms with Gasteiger partial charge in [0, 0.05) is 29.6 Å². The smallest absolute Gasteiger partial charge is 0.174 e. The molecule has 0 N–H and O–H groups in total. The van der Waals surface area contributed by atoms with Crippen molar-refractivity contribution in [2.45, 2.75) is 23.8 Å². The van der Waals surface area contributed by atoms with E-state index >= 15 is 0 Å². The van der Waals surface area contributed by atoms with Crippen LogP contribution in [0.2, 0.25) is 10.0 Å². The van der Waals surface area contributed by atoms with E-state index in [-0.39, 0.29) is 11.5 Å². The molecule has 2 bridgehead atoms. The first-order chi connectivity index (χ1) is 12.6. The van der Waals surface area contributed by atoms with Crippen molar-refractivity contribution >= 4 is 46.4 Å². The highest BCUT2D eigenvalue weighted by atomic mass is 35.5. The third-order valence-electron chi connectivity index (χ3n) is 4.91. The number of Topliss-reactive ketones (excluding diaryl/α,β-unsaturated/α-hetero) is 1. The molecule has 3 aliphatic heterocycles. The SMILES string of the molecule is N#Cc1cc2c(nc1SCC(=O)c1ccc(Cl)cc1Cl)C1CCN2CC1. The van der Waals surface area contributed by atoms with Gasteiger partial charge in [-0.1, -0.05) is 35.0 Å². The van der Waals surface area contributed by atoms with Gasteiger partial charge in [0.2, 0.25) is 0 Å². The molecule has 26 heavy (non-hydrogen) atoms. The highest BCUT2D eigenvalue weighted by Gasteiger charge is 2.33. The first-order valence-corrected chi connectivity index (χ1v) is 10.1. The van der Waals surface area contributed by atoms with Gasteiger partial charge in [-0.15, -0.1) is 0 Å². The van der Waals surface area contributed by atoms with Crippen molar-refractivity contribution in [3.63, 3.8) is 0 Å². The Bertz CT molecular complexity index is 933. The first-order valence-electron chi connectivity index (χ1n) is 8.38. The Hall–Kier alpha value is -1.74. The largest absolute Gasteiger partial charge is 0.370 e. The Morgan fingerprint density at radius 1 is 1.31 bits per heavy atom. The lowest BCUT2D eigenvalue weighted by atomic mass is 9.86. The molecule has 0 unspecified atom stereocenters. The minimum atomic E-state index is -0.106. The number of fused-ring (bicyclic) bond motifs is 2. The Balaban J connectivity index is 1.58. The van der Waals surface area contributed by atoms with Gasteiger partial charge >= 0.3 is 0 Å². The molecule has 1 fully saturated rings. The highest BCUT2D eigenvalue weighted by Crippen LogP contribution is 2.42. The van der Waals surface area contributed by atoms with Gasteiger partial charge in [-0.3, -0.25) is 4.79 Å². The second kappa shape index (κ2) is 7.11. The van der Waals surface area contributed by atoms with E-state index in [4.69, 9.17) is 28.2 Å². The fraction of sp³-hybridized carbons (Fsp3) is 0.316. The summed E-state index contributed by atoms with van der Waals surface area (Å²) in [6, 6.07) is 8.99. The molecule has 0 amide bonds. The average molecular weight is 404 g/mol. The van der Waals surface area contributed by atoms with Crippen LogP contribution in [0.15, 0.2) is 29.3 Å². The number of halogens is 2. The van der Waals surface area contributed by atoms with E-state index in [1.807, 2.05) is 6.07 Å². The lowest BCUT2D eigenvalue weighted by molar-refractivity contribution is 0.102. The predicted molar refractivity (Wildman–Crippen MR) is 105 cm³/mol. The van der Waals surface area contributed by atoms with E-state index in [0.717, 1.165) is 37.3 Å². The normalized spacial score (nSPS) is 15.7. The van der Waals surface area contributed by atoms with Gasteiger partial charge in [0.05, 0.1) is 27.7 Å². The summed E-state index contributed by atoms with van der Waals surface area (Å²) < 4.78 is 0. The van der Waals surface area contributed by atoms with Crippen LogP contribution >= 0.6 is 35.0 Å². The molecule has 0 radical (unpaired) electrons. The van der Waals surface area contributed by atoms with Crippen LogP contribution in [0, 0.1) is 11.3 Å². The van der Waals surface area contributed by atoms with E-state index in [0.29, 0.717) is 32.1 Å². The summed E-state index contributed by atoms with van der Waals surface area (Å²) in [7, 11) is 0. The van der Waals surface area contributed by atoms with Gasteiger partial charge < -0.3 is 4.90 Å². The van der Waals surface area contributed by atoms with Crippen molar-refractivity contribution < 1.29 is 4.79 Å². The predicted octanol–water partition coefficient (Wildman–Crippen LogP) is 4.93. The maximum absolute atomic E-state index is 12.5. The zero-order valence-corrected chi connectivity index (χ0v) is 16.2. The molecule has 7 heteroatoms. The number of pyridine rings is 1. The Kier molecular flexibility index (Phi) is 4.83. The quantitative estimate of drug-likeness (QED) is 0.534. The van der Waals surface area contributed by atoms with E-state index in [2.05, 4.69) is 11.0 Å². The van der Waals surface area contributed by atoms with Crippen LogP contribution in [0.1, 0.15) is 40.4 Å². The lowest BCUT2D eigenvalue weighted by Gasteiger charge is -2.41. The fourth-order valence-corrected chi connectivity index (χ4v) is 4.92. The van der Waals surface area contributed by atoms with Crippen LogP contribution in [0.3, 0.4) is 0 Å². The minimum absolute atomic E-state index is 0.106. The van der Waals surface area contributed by atoms with Crippen LogP contribution in [-0.4, -0.2) is 29.6 Å². The molecule has 1 aromatic carbocycles. The van der Waals surface area contributed by atoms with Crippen molar-refractivity contribution in [3.05, 3.63) is 51.1 Å². The molecule has 2 aromatic rings. The van der Waals surface area contributed by atoms with Crippen LogP contribution in [0.4, 0.5) is 5.69 Å². The van der Waals surface area contributed by atoms with Crippen LogP contribution in [-0.2, 0) is 0 Å². The molecule has 3 aliphatic rings. The Morgan fingerprint density at radius 3 is 2.77 bits per heavy atom. The molecular formula is C19H15Cl2N3OS. The molecule has 5 rings (SSSR count). The summed E-state index contributed by atoms with van der Waals surface area (Å²) in [4.78, 5) is 19.6. The van der Waals surface area contributed by atoms with E-state index in [1.165, 1.54) is 11.8 Å². The number of hydrogen-bond donors (Lipinski definition) is 0. The van der Waals surface area contributed by atoms with Crippen LogP contribution < -0.4 is 4.90 Å². The number of piperidine rings is 1. The number of carbonyl (C=O) groups excluding carboxylic acids is 1. The van der Waals surface area contributed by atoms with Gasteiger partial charge in [-0.2, -0.15) is 5.26 Å². The van der Waals surface area contributed by atoms with E-state index in [1.54, 1.807) is 18.2 Å². The molecular weight excluding hydrogens is 389 g/mol. The molecule has 0 saturated carbocycles. The maximum Gasteiger partial charge on any atom is 0.174 e. The zero-order valence-electron chi connectivity index (χ0n) is 13.8. The highest BCUT2D eigenvalue weighted by molar-refractivity contribution is 8.00. The van der Waals surface area contributed by atoms with Crippen molar-refractivity contribution in [3.8, 4) is 6.07 Å². The number of nitriles is 1. The number of anilines is 1. The standard InChI is InChI=1S/C19H15Cl2N3OS/c20-13-1-2-14(15(21)8-13)17(25)10-26-19-12(9-22)7-16-18(23-19)11-3-5-24(16)6-4-11/h1-2,7-8,11H,3-6,10H2. The van der Waals surface area contributed by atoms with Gasteiger partial charge in [0.15, 0.2) is 5.78 Å². The summed E-state index contributed by atoms with van der Waals surface area (Å²) >= 11 is 13.3. The van der Waals surface area contributed by atoms with Crippen molar-refractivity contribution in [1.82, 2.24) is 4.98 Å². The number of rotatable bonds is 4. The topological polar surface area (TPSA) is 57.0 Å². The molecule has 4 nitrogen and oxygen atoms in total. The summed E-state index contributed by atoms with van der Waals surface area (Å²) in [5, 5.41) is 11.0. The molecule has 0 spiro atoms. The molecule has 1 saturated heterocycles. The summed E-state index contributed by atoms with van der Waals surface area (Å²) in [6.45, 7) is 2.06. The third-order valence-corrected chi connectivity index (χ3v) is 6.45. The average Bonchev–Trinajstić information content (AvgIpc) is 2.66. The summed E-state index contributed by atoms with van der Waals surface area (Å²) in [6.07, 6.45) is 2.21. The molecule has 0 atom stereocenters. The van der Waals surface area contributed by atoms with Gasteiger partial charge in [-0.25, -0.2) is 4.98 Å². The third kappa shape index (κ3) is 3.18.